The van der Waals surface area contributed by atoms with Crippen LogP contribution in [0, 0.1) is 6.92 Å². The summed E-state index contributed by atoms with van der Waals surface area (Å²) in [7, 11) is 0. The Morgan fingerprint density at radius 1 is 1.04 bits per heavy atom. The van der Waals surface area contributed by atoms with Crippen molar-refractivity contribution in [2.75, 3.05) is 23.7 Å². The second-order valence-electron chi connectivity index (χ2n) is 5.87. The average Bonchev–Trinajstić information content (AvgIpc) is 2.68. The number of halogens is 4. The fourth-order valence-corrected chi connectivity index (χ4v) is 2.55. The van der Waals surface area contributed by atoms with Crippen molar-refractivity contribution in [3.8, 4) is 11.4 Å². The van der Waals surface area contributed by atoms with Gasteiger partial charge < -0.3 is 5.32 Å². The van der Waals surface area contributed by atoms with Gasteiger partial charge in [-0.15, -0.1) is 0 Å². The zero-order valence-electron chi connectivity index (χ0n) is 14.8. The van der Waals surface area contributed by atoms with E-state index in [4.69, 9.17) is 11.6 Å². The molecule has 0 fully saturated rings. The summed E-state index contributed by atoms with van der Waals surface area (Å²) in [6.07, 6.45) is -0.146. The molecule has 0 spiro atoms. The maximum absolute atomic E-state index is 12.6. The van der Waals surface area contributed by atoms with E-state index in [0.29, 0.717) is 41.3 Å². The number of alkyl halides is 3. The van der Waals surface area contributed by atoms with Crippen LogP contribution in [0.1, 0.15) is 11.3 Å². The number of anilines is 2. The molecule has 146 valence electrons. The van der Waals surface area contributed by atoms with Crippen LogP contribution in [0.3, 0.4) is 0 Å². The highest BCUT2D eigenvalue weighted by atomic mass is 35.5. The van der Waals surface area contributed by atoms with Gasteiger partial charge in [-0.3, -0.25) is 10.3 Å². The van der Waals surface area contributed by atoms with E-state index in [2.05, 4.69) is 30.6 Å². The molecule has 0 saturated carbocycles. The molecule has 3 aromatic heterocycles. The third-order valence-electron chi connectivity index (χ3n) is 3.83. The highest BCUT2D eigenvalue weighted by Crippen LogP contribution is 2.28. The quantitative estimate of drug-likeness (QED) is 0.604. The van der Waals surface area contributed by atoms with E-state index in [1.54, 1.807) is 31.5 Å². The molecule has 28 heavy (non-hydrogen) atoms. The first kappa shape index (κ1) is 19.8. The predicted octanol–water partition coefficient (Wildman–Crippen LogP) is 3.86. The largest absolute Gasteiger partial charge is 0.419 e. The van der Waals surface area contributed by atoms with Gasteiger partial charge in [0.15, 0.2) is 5.82 Å². The topological polar surface area (TPSA) is 76.9 Å². The number of nitrogens with one attached hydrogen (secondary N) is 3. The number of nitrogens with zero attached hydrogens (tertiary/aromatic N) is 3. The van der Waals surface area contributed by atoms with E-state index < -0.39 is 11.7 Å². The zero-order valence-corrected chi connectivity index (χ0v) is 15.6. The van der Waals surface area contributed by atoms with Crippen molar-refractivity contribution in [1.29, 1.82) is 0 Å². The van der Waals surface area contributed by atoms with Crippen LogP contribution < -0.4 is 15.6 Å². The molecule has 0 bridgehead atoms. The summed E-state index contributed by atoms with van der Waals surface area (Å²) in [4.78, 5) is 15.4. The van der Waals surface area contributed by atoms with Gasteiger partial charge in [0.2, 0.25) is 0 Å². The average molecular weight is 410 g/mol. The number of aryl methyl sites for hydroxylation is 1. The van der Waals surface area contributed by atoms with Gasteiger partial charge in [-0.05, 0) is 25.1 Å². The van der Waals surface area contributed by atoms with E-state index in [1.165, 1.54) is 6.07 Å². The van der Waals surface area contributed by atoms with Crippen LogP contribution in [0.4, 0.5) is 24.8 Å². The molecular formula is C18H17ClF3N6+. The summed E-state index contributed by atoms with van der Waals surface area (Å²) in [5, 5.41) is 6.52. The first-order valence-corrected chi connectivity index (χ1v) is 8.73. The minimum absolute atomic E-state index is 0.416. The summed E-state index contributed by atoms with van der Waals surface area (Å²) in [5.41, 5.74) is 0.716. The van der Waals surface area contributed by atoms with Gasteiger partial charge in [0.1, 0.15) is 23.6 Å². The third-order valence-corrected chi connectivity index (χ3v) is 4.28. The Balaban J connectivity index is 1.61. The summed E-state index contributed by atoms with van der Waals surface area (Å²) < 4.78 is 37.7. The Bertz CT molecular complexity index is 933. The van der Waals surface area contributed by atoms with Crippen molar-refractivity contribution in [1.82, 2.24) is 15.0 Å². The highest BCUT2D eigenvalue weighted by molar-refractivity contribution is 6.33. The lowest BCUT2D eigenvalue weighted by Gasteiger charge is -2.10. The van der Waals surface area contributed by atoms with Crippen LogP contribution in [0.15, 0.2) is 42.9 Å². The van der Waals surface area contributed by atoms with Gasteiger partial charge in [-0.25, -0.2) is 15.0 Å². The van der Waals surface area contributed by atoms with Crippen LogP contribution in [-0.4, -0.2) is 28.0 Å². The maximum atomic E-state index is 12.6. The van der Waals surface area contributed by atoms with E-state index in [0.717, 1.165) is 17.8 Å². The number of pyridine rings is 2. The second-order valence-corrected chi connectivity index (χ2v) is 6.25. The van der Waals surface area contributed by atoms with E-state index in [-0.39, 0.29) is 0 Å². The van der Waals surface area contributed by atoms with Crippen LogP contribution >= 0.6 is 11.6 Å². The number of rotatable bonds is 6. The van der Waals surface area contributed by atoms with Crippen LogP contribution in [0.2, 0.25) is 5.02 Å². The Hall–Kier alpha value is -2.94. The van der Waals surface area contributed by atoms with Crippen molar-refractivity contribution in [2.45, 2.75) is 13.1 Å². The number of aromatic amines is 1. The van der Waals surface area contributed by atoms with Gasteiger partial charge >= 0.3 is 6.18 Å². The van der Waals surface area contributed by atoms with Gasteiger partial charge in [0.05, 0.1) is 17.8 Å². The first-order valence-electron chi connectivity index (χ1n) is 8.36. The summed E-state index contributed by atoms with van der Waals surface area (Å²) in [5.74, 6) is 1.48. The van der Waals surface area contributed by atoms with E-state index in [9.17, 15) is 13.2 Å². The monoisotopic (exact) mass is 409 g/mol. The normalized spacial score (nSPS) is 11.3. The number of aromatic nitrogens is 4. The Kier molecular flexibility index (Phi) is 5.93. The highest BCUT2D eigenvalue weighted by Gasteiger charge is 2.31. The van der Waals surface area contributed by atoms with Gasteiger partial charge in [-0.2, -0.15) is 13.2 Å². The minimum atomic E-state index is -4.37. The van der Waals surface area contributed by atoms with Crippen molar-refractivity contribution in [2.24, 2.45) is 0 Å². The lowest BCUT2D eigenvalue weighted by molar-refractivity contribution is -0.364. The molecule has 3 heterocycles. The van der Waals surface area contributed by atoms with Crippen LogP contribution in [0.5, 0.6) is 0 Å². The fraction of sp³-hybridized carbons (Fsp3) is 0.222. The van der Waals surface area contributed by atoms with Crippen molar-refractivity contribution in [3.05, 3.63) is 59.1 Å². The molecule has 0 radical (unpaired) electrons. The Labute approximate surface area is 164 Å². The molecule has 3 N–H and O–H groups in total. The maximum Gasteiger partial charge on any atom is 0.419 e. The predicted molar refractivity (Wildman–Crippen MR) is 100.0 cm³/mol. The second kappa shape index (κ2) is 8.39. The van der Waals surface area contributed by atoms with E-state index >= 15 is 0 Å². The molecule has 0 amide bonds. The standard InChI is InChI=1S/C18H16ClF3N6/c1-11-15(19)17(28-16(27-11)12-4-6-23-7-5-12)25-9-8-24-14-3-2-13(10-26-14)18(20,21)22/h2-7,10H,8-9H2,1H3,(H,24,26)(H,25,27,28)/p+1. The molecule has 3 rings (SSSR count). The SMILES string of the molecule is Cc1nc(-c2ccncc2)nc(NCCNc2ccc(C(F)(F)F)c[nH+]2)c1Cl. The van der Waals surface area contributed by atoms with Gasteiger partial charge in [0, 0.05) is 24.0 Å². The molecule has 3 aromatic rings. The third kappa shape index (κ3) is 4.86. The lowest BCUT2D eigenvalue weighted by Crippen LogP contribution is -2.21. The van der Waals surface area contributed by atoms with Gasteiger partial charge in [0.25, 0.3) is 5.82 Å². The van der Waals surface area contributed by atoms with Crippen LogP contribution in [-0.2, 0) is 6.18 Å². The van der Waals surface area contributed by atoms with Crippen molar-refractivity contribution < 1.29 is 18.2 Å². The van der Waals surface area contributed by atoms with Gasteiger partial charge in [-0.1, -0.05) is 11.6 Å². The lowest BCUT2D eigenvalue weighted by atomic mass is 10.2. The Morgan fingerprint density at radius 3 is 2.39 bits per heavy atom. The first-order chi connectivity index (χ1) is 13.3. The number of hydrogen-bond donors (Lipinski definition) is 2. The van der Waals surface area contributed by atoms with Crippen molar-refractivity contribution in [3.63, 3.8) is 0 Å². The summed E-state index contributed by atoms with van der Waals surface area (Å²) >= 11 is 6.28. The number of H-pyrrole nitrogens is 1. The molecule has 0 atom stereocenters. The minimum Gasteiger partial charge on any atom is -0.365 e. The molecule has 10 heteroatoms. The molecule has 0 aliphatic heterocycles. The van der Waals surface area contributed by atoms with Crippen LogP contribution in [0.25, 0.3) is 11.4 Å². The molecule has 6 nitrogen and oxygen atoms in total. The molecule has 0 unspecified atom stereocenters. The molecule has 0 saturated heterocycles. The molecular weight excluding hydrogens is 393 g/mol. The fourth-order valence-electron chi connectivity index (χ4n) is 2.40. The number of hydrogen-bond acceptors (Lipinski definition) is 5. The molecule has 0 aromatic carbocycles. The van der Waals surface area contributed by atoms with E-state index in [1.807, 2.05) is 0 Å². The molecule has 0 aliphatic rings. The Morgan fingerprint density at radius 2 is 1.75 bits per heavy atom. The smallest absolute Gasteiger partial charge is 0.365 e. The van der Waals surface area contributed by atoms with Crippen molar-refractivity contribution >= 4 is 23.2 Å². The zero-order chi connectivity index (χ0) is 20.1. The molecule has 0 aliphatic carbocycles. The summed E-state index contributed by atoms with van der Waals surface area (Å²) in [6, 6.07) is 5.95. The summed E-state index contributed by atoms with van der Waals surface area (Å²) in [6.45, 7) is 2.67.